The minimum absolute atomic E-state index is 0.108. The largest absolute Gasteiger partial charge is 0.484 e. The molecular weight excluding hydrogens is 402 g/mol. The number of carbonyl (C=O) groups is 1. The van der Waals surface area contributed by atoms with Gasteiger partial charge in [0.2, 0.25) is 5.43 Å². The average Bonchev–Trinajstić information content (AvgIpc) is 2.75. The molecule has 1 heterocycles. The second kappa shape index (κ2) is 10.3. The van der Waals surface area contributed by atoms with E-state index in [0.29, 0.717) is 34.5 Å². The van der Waals surface area contributed by atoms with E-state index in [1.807, 2.05) is 36.6 Å². The summed E-state index contributed by atoms with van der Waals surface area (Å²) in [5.74, 6) is 1.48. The first-order valence-electron chi connectivity index (χ1n) is 9.68. The second-order valence-electron chi connectivity index (χ2n) is 6.90. The molecule has 1 atom stereocenters. The third-order valence-electron chi connectivity index (χ3n) is 4.73. The lowest BCUT2D eigenvalue weighted by molar-refractivity contribution is -0.124. The molecule has 0 saturated heterocycles. The van der Waals surface area contributed by atoms with Gasteiger partial charge >= 0.3 is 0 Å². The van der Waals surface area contributed by atoms with E-state index in [1.54, 1.807) is 36.9 Å². The maximum Gasteiger partial charge on any atom is 0.258 e. The first-order chi connectivity index (χ1) is 14.5. The molecule has 30 heavy (non-hydrogen) atoms. The van der Waals surface area contributed by atoms with Gasteiger partial charge in [-0.25, -0.2) is 0 Å². The van der Waals surface area contributed by atoms with Gasteiger partial charge in [-0.2, -0.15) is 11.8 Å². The molecule has 3 aromatic rings. The van der Waals surface area contributed by atoms with E-state index >= 15 is 0 Å². The lowest BCUT2D eigenvalue weighted by Gasteiger charge is -2.16. The molecule has 3 rings (SSSR count). The maximum absolute atomic E-state index is 13.0. The Kier molecular flexibility index (Phi) is 7.54. The molecule has 0 bridgehead atoms. The first-order valence-corrected chi connectivity index (χ1v) is 11.1. The molecule has 0 aliphatic heterocycles. The van der Waals surface area contributed by atoms with E-state index in [4.69, 9.17) is 9.15 Å². The van der Waals surface area contributed by atoms with Crippen molar-refractivity contribution in [2.24, 2.45) is 0 Å². The van der Waals surface area contributed by atoms with Gasteiger partial charge in [0.05, 0.1) is 23.6 Å². The number of aryl methyl sites for hydroxylation is 1. The highest BCUT2D eigenvalue weighted by Crippen LogP contribution is 2.26. The van der Waals surface area contributed by atoms with Gasteiger partial charge in [0.25, 0.3) is 5.91 Å². The predicted molar refractivity (Wildman–Crippen MR) is 120 cm³/mol. The molecule has 0 fully saturated rings. The van der Waals surface area contributed by atoms with Gasteiger partial charge in [-0.1, -0.05) is 30.3 Å². The summed E-state index contributed by atoms with van der Waals surface area (Å²) in [5, 5.41) is 12.6. The number of rotatable bonds is 9. The van der Waals surface area contributed by atoms with E-state index in [0.717, 1.165) is 11.3 Å². The van der Waals surface area contributed by atoms with Crippen LogP contribution in [0.1, 0.15) is 12.2 Å². The summed E-state index contributed by atoms with van der Waals surface area (Å²) in [6, 6.07) is 14.0. The van der Waals surface area contributed by atoms with E-state index in [-0.39, 0.29) is 30.6 Å². The number of amides is 1. The van der Waals surface area contributed by atoms with E-state index in [1.165, 1.54) is 0 Å². The number of ether oxygens (including phenoxy) is 1. The van der Waals surface area contributed by atoms with Crippen molar-refractivity contribution >= 4 is 28.6 Å². The lowest BCUT2D eigenvalue weighted by atomic mass is 10.0. The molecule has 0 aliphatic carbocycles. The van der Waals surface area contributed by atoms with Gasteiger partial charge < -0.3 is 19.6 Å². The van der Waals surface area contributed by atoms with Crippen molar-refractivity contribution in [3.63, 3.8) is 0 Å². The number of hydrogen-bond acceptors (Lipinski definition) is 6. The zero-order valence-electron chi connectivity index (χ0n) is 17.0. The van der Waals surface area contributed by atoms with Crippen LogP contribution in [-0.4, -0.2) is 42.3 Å². The summed E-state index contributed by atoms with van der Waals surface area (Å²) in [6.07, 6.45) is 2.66. The number of nitrogens with one attached hydrogen (secondary N) is 1. The van der Waals surface area contributed by atoms with Gasteiger partial charge in [-0.15, -0.1) is 0 Å². The Balaban J connectivity index is 1.75. The van der Waals surface area contributed by atoms with Crippen LogP contribution in [-0.2, 0) is 4.79 Å². The second-order valence-corrected chi connectivity index (χ2v) is 7.89. The van der Waals surface area contributed by atoms with Gasteiger partial charge in [0, 0.05) is 6.07 Å². The van der Waals surface area contributed by atoms with Crippen LogP contribution in [0.4, 0.5) is 0 Å². The minimum Gasteiger partial charge on any atom is -0.484 e. The fourth-order valence-corrected chi connectivity index (χ4v) is 3.72. The van der Waals surface area contributed by atoms with Crippen LogP contribution in [0.2, 0.25) is 0 Å². The summed E-state index contributed by atoms with van der Waals surface area (Å²) in [5.41, 5.74) is 1.64. The zero-order chi connectivity index (χ0) is 21.5. The number of aliphatic hydroxyl groups excluding tert-OH is 1. The highest BCUT2D eigenvalue weighted by atomic mass is 32.2. The topological polar surface area (TPSA) is 88.8 Å². The molecule has 0 saturated carbocycles. The van der Waals surface area contributed by atoms with E-state index in [9.17, 15) is 14.7 Å². The predicted octanol–water partition coefficient (Wildman–Crippen LogP) is 3.38. The van der Waals surface area contributed by atoms with Crippen LogP contribution in [0.5, 0.6) is 5.75 Å². The van der Waals surface area contributed by atoms with Crippen LogP contribution in [0, 0.1) is 6.92 Å². The molecule has 0 aliphatic rings. The molecule has 0 radical (unpaired) electrons. The minimum atomic E-state index is -0.313. The lowest BCUT2D eigenvalue weighted by Crippen LogP contribution is -2.40. The number of carbonyl (C=O) groups excluding carboxylic acids is 1. The Bertz CT molecular complexity index is 1060. The van der Waals surface area contributed by atoms with Crippen LogP contribution in [0.25, 0.3) is 22.1 Å². The highest BCUT2D eigenvalue weighted by Gasteiger charge is 2.15. The molecule has 7 heteroatoms. The molecule has 1 aromatic heterocycles. The Labute approximate surface area is 179 Å². The smallest absolute Gasteiger partial charge is 0.258 e. The number of aliphatic hydroxyl groups is 1. The third kappa shape index (κ3) is 5.23. The third-order valence-corrected chi connectivity index (χ3v) is 5.37. The zero-order valence-corrected chi connectivity index (χ0v) is 17.8. The molecule has 2 aromatic carbocycles. The summed E-state index contributed by atoms with van der Waals surface area (Å²) in [4.78, 5) is 25.1. The molecular formula is C23H25NO5S. The van der Waals surface area contributed by atoms with Crippen molar-refractivity contribution < 1.29 is 19.1 Å². The summed E-state index contributed by atoms with van der Waals surface area (Å²) in [6.45, 7) is 1.46. The quantitative estimate of drug-likeness (QED) is 0.544. The Morgan fingerprint density at radius 3 is 2.70 bits per heavy atom. The van der Waals surface area contributed by atoms with Crippen molar-refractivity contribution in [3.05, 3.63) is 64.5 Å². The Morgan fingerprint density at radius 2 is 2.00 bits per heavy atom. The Morgan fingerprint density at radius 1 is 1.23 bits per heavy atom. The molecule has 1 amide bonds. The maximum atomic E-state index is 13.0. The number of hydrogen-bond donors (Lipinski definition) is 2. The summed E-state index contributed by atoms with van der Waals surface area (Å²) >= 11 is 1.66. The van der Waals surface area contributed by atoms with Crippen LogP contribution < -0.4 is 15.5 Å². The molecule has 158 valence electrons. The molecule has 6 nitrogen and oxygen atoms in total. The SMILES string of the molecule is CSCCC(CO)NC(=O)COc1ccc2c(=O)c(-c3ccccc3)c(C)oc2c1. The Hall–Kier alpha value is -2.77. The van der Waals surface area contributed by atoms with Crippen molar-refractivity contribution in [1.82, 2.24) is 5.32 Å². The molecule has 1 unspecified atom stereocenters. The van der Waals surface area contributed by atoms with E-state index in [2.05, 4.69) is 5.32 Å². The molecule has 0 spiro atoms. The fraction of sp³-hybridized carbons (Fsp3) is 0.304. The van der Waals surface area contributed by atoms with Crippen molar-refractivity contribution in [3.8, 4) is 16.9 Å². The normalized spacial score (nSPS) is 12.0. The summed E-state index contributed by atoms with van der Waals surface area (Å²) < 4.78 is 11.4. The van der Waals surface area contributed by atoms with Crippen LogP contribution in [0.3, 0.4) is 0 Å². The first kappa shape index (κ1) is 21.9. The molecule has 2 N–H and O–H groups in total. The van der Waals surface area contributed by atoms with Gasteiger partial charge in [-0.3, -0.25) is 9.59 Å². The van der Waals surface area contributed by atoms with Crippen LogP contribution >= 0.6 is 11.8 Å². The van der Waals surface area contributed by atoms with E-state index < -0.39 is 0 Å². The number of thioether (sulfide) groups is 1. The monoisotopic (exact) mass is 427 g/mol. The van der Waals surface area contributed by atoms with Gasteiger partial charge in [0.15, 0.2) is 6.61 Å². The highest BCUT2D eigenvalue weighted by molar-refractivity contribution is 7.98. The standard InChI is InChI=1S/C23H25NO5S/c1-15-22(16-6-4-3-5-7-16)23(27)19-9-8-18(12-20(19)29-15)28-14-21(26)24-17(13-25)10-11-30-2/h3-9,12,17,25H,10-11,13-14H2,1-2H3,(H,24,26). The summed E-state index contributed by atoms with van der Waals surface area (Å²) in [7, 11) is 0. The van der Waals surface area contributed by atoms with Crippen molar-refractivity contribution in [2.75, 3.05) is 25.2 Å². The van der Waals surface area contributed by atoms with Crippen molar-refractivity contribution in [1.29, 1.82) is 0 Å². The van der Waals surface area contributed by atoms with Crippen molar-refractivity contribution in [2.45, 2.75) is 19.4 Å². The van der Waals surface area contributed by atoms with Gasteiger partial charge in [0.1, 0.15) is 17.1 Å². The number of benzene rings is 2. The van der Waals surface area contributed by atoms with Gasteiger partial charge in [-0.05, 0) is 43.0 Å². The average molecular weight is 428 g/mol. The number of fused-ring (bicyclic) bond motifs is 1. The van der Waals surface area contributed by atoms with Crippen LogP contribution in [0.15, 0.2) is 57.7 Å². The fourth-order valence-electron chi connectivity index (χ4n) is 3.20.